The van der Waals surface area contributed by atoms with Gasteiger partial charge in [-0.3, -0.25) is 14.4 Å². The molecule has 3 rings (SSSR count). The number of benzene rings is 1. The lowest BCUT2D eigenvalue weighted by Crippen LogP contribution is -2.46. The number of aryl methyl sites for hydroxylation is 1. The highest BCUT2D eigenvalue weighted by Gasteiger charge is 2.28. The van der Waals surface area contributed by atoms with Gasteiger partial charge in [0.2, 0.25) is 0 Å². The quantitative estimate of drug-likeness (QED) is 0.867. The van der Waals surface area contributed by atoms with Crippen LogP contribution in [0.5, 0.6) is 0 Å². The van der Waals surface area contributed by atoms with Crippen LogP contribution >= 0.6 is 0 Å². The molecule has 0 spiro atoms. The zero-order valence-electron chi connectivity index (χ0n) is 14.7. The van der Waals surface area contributed by atoms with Crippen LogP contribution in [-0.4, -0.2) is 51.7 Å². The molecule has 2 heterocycles. The van der Waals surface area contributed by atoms with Crippen molar-refractivity contribution in [2.24, 2.45) is 7.05 Å². The average molecular weight is 326 g/mol. The predicted octanol–water partition coefficient (Wildman–Crippen LogP) is 2.72. The first-order valence-electron chi connectivity index (χ1n) is 8.61. The highest BCUT2D eigenvalue weighted by atomic mass is 16.2. The van der Waals surface area contributed by atoms with Crippen molar-refractivity contribution >= 4 is 5.91 Å². The van der Waals surface area contributed by atoms with Crippen LogP contribution in [0.2, 0.25) is 0 Å². The zero-order valence-corrected chi connectivity index (χ0v) is 14.7. The van der Waals surface area contributed by atoms with Crippen LogP contribution in [0.15, 0.2) is 42.7 Å². The molecule has 128 valence electrons. The molecule has 1 amide bonds. The molecule has 0 bridgehead atoms. The first kappa shape index (κ1) is 16.7. The van der Waals surface area contributed by atoms with Crippen molar-refractivity contribution in [3.05, 3.63) is 53.9 Å². The van der Waals surface area contributed by atoms with E-state index in [1.807, 2.05) is 19.0 Å². The number of hydrogen-bond acceptors (Lipinski definition) is 3. The Morgan fingerprint density at radius 3 is 2.50 bits per heavy atom. The van der Waals surface area contributed by atoms with Crippen molar-refractivity contribution in [3.8, 4) is 0 Å². The van der Waals surface area contributed by atoms with E-state index in [-0.39, 0.29) is 5.91 Å². The number of amides is 1. The van der Waals surface area contributed by atoms with Gasteiger partial charge in [0.05, 0.1) is 11.8 Å². The molecule has 1 atom stereocenters. The number of carbonyl (C=O) groups is 1. The van der Waals surface area contributed by atoms with Gasteiger partial charge in [0, 0.05) is 45.5 Å². The number of aromatic nitrogens is 2. The summed E-state index contributed by atoms with van der Waals surface area (Å²) in [5, 5.41) is 4.09. The van der Waals surface area contributed by atoms with Crippen LogP contribution in [0, 0.1) is 0 Å². The number of likely N-dealkylation sites (tertiary alicyclic amines) is 1. The largest absolute Gasteiger partial charge is 0.339 e. The lowest BCUT2D eigenvalue weighted by Gasteiger charge is -2.39. The summed E-state index contributed by atoms with van der Waals surface area (Å²) in [5.74, 6) is 0.0673. The van der Waals surface area contributed by atoms with Gasteiger partial charge < -0.3 is 4.90 Å². The Balaban J connectivity index is 1.57. The van der Waals surface area contributed by atoms with E-state index in [0.717, 1.165) is 25.9 Å². The molecule has 1 aliphatic rings. The van der Waals surface area contributed by atoms with Gasteiger partial charge >= 0.3 is 0 Å². The monoisotopic (exact) mass is 326 g/mol. The van der Waals surface area contributed by atoms with E-state index >= 15 is 0 Å². The topological polar surface area (TPSA) is 41.4 Å². The van der Waals surface area contributed by atoms with Gasteiger partial charge in [0.25, 0.3) is 5.91 Å². The standard InChI is InChI=1S/C19H26N4O/c1-15(16-7-5-4-6-8-16)23-11-9-18(10-12-23)22(3)19(24)17-13-20-21(2)14-17/h4-8,13-15,18H,9-12H2,1-3H3. The molecule has 24 heavy (non-hydrogen) atoms. The van der Waals surface area contributed by atoms with E-state index in [2.05, 4.69) is 47.3 Å². The summed E-state index contributed by atoms with van der Waals surface area (Å²) in [5.41, 5.74) is 2.02. The molecule has 0 radical (unpaired) electrons. The van der Waals surface area contributed by atoms with Crippen molar-refractivity contribution in [2.45, 2.75) is 31.8 Å². The molecule has 1 aromatic heterocycles. The smallest absolute Gasteiger partial charge is 0.257 e. The average Bonchev–Trinajstić information content (AvgIpc) is 3.07. The SMILES string of the molecule is CC(c1ccccc1)N1CCC(N(C)C(=O)c2cnn(C)c2)CC1. The maximum absolute atomic E-state index is 12.6. The van der Waals surface area contributed by atoms with Gasteiger partial charge in [0.1, 0.15) is 0 Å². The van der Waals surface area contributed by atoms with Crippen molar-refractivity contribution in [3.63, 3.8) is 0 Å². The van der Waals surface area contributed by atoms with E-state index in [0.29, 0.717) is 17.6 Å². The maximum atomic E-state index is 12.6. The van der Waals surface area contributed by atoms with Gasteiger partial charge in [-0.25, -0.2) is 0 Å². The van der Waals surface area contributed by atoms with Crippen molar-refractivity contribution in [1.82, 2.24) is 19.6 Å². The van der Waals surface area contributed by atoms with Crippen molar-refractivity contribution in [2.75, 3.05) is 20.1 Å². The second kappa shape index (κ2) is 7.18. The third kappa shape index (κ3) is 3.51. The Labute approximate surface area is 143 Å². The minimum Gasteiger partial charge on any atom is -0.339 e. The second-order valence-electron chi connectivity index (χ2n) is 6.67. The number of carbonyl (C=O) groups excluding carboxylic acids is 1. The van der Waals surface area contributed by atoms with Crippen LogP contribution in [0.25, 0.3) is 0 Å². The summed E-state index contributed by atoms with van der Waals surface area (Å²) in [4.78, 5) is 17.0. The Hall–Kier alpha value is -2.14. The first-order valence-corrected chi connectivity index (χ1v) is 8.61. The Bertz CT molecular complexity index is 674. The Morgan fingerprint density at radius 2 is 1.92 bits per heavy atom. The van der Waals surface area contributed by atoms with Crippen molar-refractivity contribution < 1.29 is 4.79 Å². The zero-order chi connectivity index (χ0) is 17.1. The van der Waals surface area contributed by atoms with Crippen LogP contribution < -0.4 is 0 Å². The molecular formula is C19H26N4O. The molecule has 0 N–H and O–H groups in total. The molecule has 1 unspecified atom stereocenters. The third-order valence-electron chi connectivity index (χ3n) is 5.15. The molecule has 0 saturated carbocycles. The van der Waals surface area contributed by atoms with Gasteiger partial charge in [0.15, 0.2) is 0 Å². The van der Waals surface area contributed by atoms with Gasteiger partial charge in [-0.15, -0.1) is 0 Å². The summed E-state index contributed by atoms with van der Waals surface area (Å²) >= 11 is 0. The summed E-state index contributed by atoms with van der Waals surface area (Å²) < 4.78 is 1.67. The number of rotatable bonds is 4. The van der Waals surface area contributed by atoms with E-state index < -0.39 is 0 Å². The van der Waals surface area contributed by atoms with Crippen LogP contribution in [0.3, 0.4) is 0 Å². The van der Waals surface area contributed by atoms with Crippen molar-refractivity contribution in [1.29, 1.82) is 0 Å². The van der Waals surface area contributed by atoms with Gasteiger partial charge in [-0.1, -0.05) is 30.3 Å². The molecule has 5 nitrogen and oxygen atoms in total. The third-order valence-corrected chi connectivity index (χ3v) is 5.15. The summed E-state index contributed by atoms with van der Waals surface area (Å²) in [6.45, 7) is 4.30. The first-order chi connectivity index (χ1) is 11.6. The molecular weight excluding hydrogens is 300 g/mol. The van der Waals surface area contributed by atoms with E-state index in [1.165, 1.54) is 5.56 Å². The van der Waals surface area contributed by atoms with Gasteiger partial charge in [-0.05, 0) is 25.3 Å². The molecule has 1 aromatic carbocycles. The van der Waals surface area contributed by atoms with Gasteiger partial charge in [-0.2, -0.15) is 5.10 Å². The summed E-state index contributed by atoms with van der Waals surface area (Å²) in [7, 11) is 3.75. The van der Waals surface area contributed by atoms with Crippen LogP contribution in [0.4, 0.5) is 0 Å². The highest BCUT2D eigenvalue weighted by molar-refractivity contribution is 5.93. The lowest BCUT2D eigenvalue weighted by atomic mass is 9.99. The van der Waals surface area contributed by atoms with Crippen LogP contribution in [-0.2, 0) is 7.05 Å². The maximum Gasteiger partial charge on any atom is 0.257 e. The molecule has 5 heteroatoms. The normalized spacial score (nSPS) is 17.6. The molecule has 2 aromatic rings. The molecule has 0 aliphatic carbocycles. The predicted molar refractivity (Wildman–Crippen MR) is 94.8 cm³/mol. The van der Waals surface area contributed by atoms with E-state index in [1.54, 1.807) is 17.1 Å². The summed E-state index contributed by atoms with van der Waals surface area (Å²) in [6.07, 6.45) is 5.45. The fourth-order valence-corrected chi connectivity index (χ4v) is 3.50. The number of hydrogen-bond donors (Lipinski definition) is 0. The minimum absolute atomic E-state index is 0.0673. The van der Waals surface area contributed by atoms with Crippen LogP contribution in [0.1, 0.15) is 41.7 Å². The fourth-order valence-electron chi connectivity index (χ4n) is 3.50. The number of piperidine rings is 1. The molecule has 1 aliphatic heterocycles. The molecule has 1 saturated heterocycles. The molecule has 1 fully saturated rings. The second-order valence-corrected chi connectivity index (χ2v) is 6.67. The summed E-state index contributed by atoms with van der Waals surface area (Å²) in [6, 6.07) is 11.4. The Kier molecular flexibility index (Phi) is 5.00. The van der Waals surface area contributed by atoms with E-state index in [4.69, 9.17) is 0 Å². The lowest BCUT2D eigenvalue weighted by molar-refractivity contribution is 0.0605. The van der Waals surface area contributed by atoms with E-state index in [9.17, 15) is 4.79 Å². The minimum atomic E-state index is 0.0673. The fraction of sp³-hybridized carbons (Fsp3) is 0.474. The Morgan fingerprint density at radius 1 is 1.25 bits per heavy atom. The highest BCUT2D eigenvalue weighted by Crippen LogP contribution is 2.26. The number of nitrogens with zero attached hydrogens (tertiary/aromatic N) is 4.